The van der Waals surface area contributed by atoms with Crippen molar-refractivity contribution in [1.82, 2.24) is 10.2 Å². The SMILES string of the molecule is CC1(NC2CC(=O)N(C3CCCCCC3)C2=O)CCOC1. The Balaban J connectivity index is 1.66. The number of hydrogen-bond donors (Lipinski definition) is 1. The van der Waals surface area contributed by atoms with E-state index in [2.05, 4.69) is 12.2 Å². The summed E-state index contributed by atoms with van der Waals surface area (Å²) in [5, 5.41) is 3.38. The van der Waals surface area contributed by atoms with Gasteiger partial charge in [-0.2, -0.15) is 0 Å². The molecule has 2 atom stereocenters. The molecule has 118 valence electrons. The molecule has 5 heteroatoms. The van der Waals surface area contributed by atoms with E-state index in [1.807, 2.05) is 0 Å². The minimum Gasteiger partial charge on any atom is -0.379 e. The Labute approximate surface area is 126 Å². The van der Waals surface area contributed by atoms with Gasteiger partial charge >= 0.3 is 0 Å². The third-order valence-corrected chi connectivity index (χ3v) is 5.11. The van der Waals surface area contributed by atoms with E-state index in [0.29, 0.717) is 13.0 Å². The Bertz CT molecular complexity index is 410. The Hall–Kier alpha value is -0.940. The van der Waals surface area contributed by atoms with Crippen molar-refractivity contribution in [3.63, 3.8) is 0 Å². The molecule has 21 heavy (non-hydrogen) atoms. The number of ether oxygens (including phenoxy) is 1. The van der Waals surface area contributed by atoms with Crippen LogP contribution in [0.25, 0.3) is 0 Å². The van der Waals surface area contributed by atoms with Crippen LogP contribution >= 0.6 is 0 Å². The first kappa shape index (κ1) is 15.0. The van der Waals surface area contributed by atoms with E-state index in [9.17, 15) is 9.59 Å². The van der Waals surface area contributed by atoms with Crippen molar-refractivity contribution < 1.29 is 14.3 Å². The summed E-state index contributed by atoms with van der Waals surface area (Å²) in [5.41, 5.74) is -0.167. The van der Waals surface area contributed by atoms with Crippen LogP contribution in [-0.4, -0.2) is 47.6 Å². The second kappa shape index (κ2) is 6.05. The fraction of sp³-hybridized carbons (Fsp3) is 0.875. The topological polar surface area (TPSA) is 58.6 Å². The number of amides is 2. The first-order valence-electron chi connectivity index (χ1n) is 8.30. The van der Waals surface area contributed by atoms with Crippen LogP contribution < -0.4 is 5.32 Å². The van der Waals surface area contributed by atoms with Crippen LogP contribution in [0.15, 0.2) is 0 Å². The Morgan fingerprint density at radius 2 is 1.90 bits per heavy atom. The molecule has 0 aromatic heterocycles. The first-order chi connectivity index (χ1) is 10.1. The summed E-state index contributed by atoms with van der Waals surface area (Å²) in [4.78, 5) is 26.5. The van der Waals surface area contributed by atoms with E-state index >= 15 is 0 Å². The summed E-state index contributed by atoms with van der Waals surface area (Å²) < 4.78 is 5.42. The van der Waals surface area contributed by atoms with E-state index in [4.69, 9.17) is 4.74 Å². The fourth-order valence-electron chi connectivity index (χ4n) is 3.86. The van der Waals surface area contributed by atoms with Crippen molar-refractivity contribution in [3.05, 3.63) is 0 Å². The van der Waals surface area contributed by atoms with E-state index < -0.39 is 0 Å². The second-order valence-electron chi connectivity index (χ2n) is 7.01. The van der Waals surface area contributed by atoms with Gasteiger partial charge in [-0.1, -0.05) is 25.7 Å². The molecule has 3 rings (SSSR count). The van der Waals surface area contributed by atoms with Crippen molar-refractivity contribution in [2.75, 3.05) is 13.2 Å². The highest BCUT2D eigenvalue weighted by molar-refractivity contribution is 6.05. The molecule has 0 spiro atoms. The van der Waals surface area contributed by atoms with Gasteiger partial charge in [-0.15, -0.1) is 0 Å². The highest BCUT2D eigenvalue weighted by Gasteiger charge is 2.45. The Morgan fingerprint density at radius 1 is 1.19 bits per heavy atom. The highest BCUT2D eigenvalue weighted by atomic mass is 16.5. The average Bonchev–Trinajstić information content (AvgIpc) is 2.85. The smallest absolute Gasteiger partial charge is 0.247 e. The van der Waals surface area contributed by atoms with Gasteiger partial charge in [0.2, 0.25) is 11.8 Å². The molecular formula is C16H26N2O3. The maximum atomic E-state index is 12.7. The molecule has 0 aromatic carbocycles. The number of hydrogen-bond acceptors (Lipinski definition) is 4. The van der Waals surface area contributed by atoms with Gasteiger partial charge in [0.15, 0.2) is 0 Å². The minimum atomic E-state index is -0.354. The number of nitrogens with zero attached hydrogens (tertiary/aromatic N) is 1. The molecule has 1 saturated carbocycles. The largest absolute Gasteiger partial charge is 0.379 e. The number of carbonyl (C=O) groups excluding carboxylic acids is 2. The number of imide groups is 1. The van der Waals surface area contributed by atoms with Crippen molar-refractivity contribution in [1.29, 1.82) is 0 Å². The zero-order valence-corrected chi connectivity index (χ0v) is 12.9. The van der Waals surface area contributed by atoms with Gasteiger partial charge in [-0.3, -0.25) is 19.8 Å². The number of rotatable bonds is 3. The normalized spacial score (nSPS) is 35.5. The first-order valence-corrected chi connectivity index (χ1v) is 8.30. The maximum absolute atomic E-state index is 12.7. The van der Waals surface area contributed by atoms with E-state index in [1.54, 1.807) is 4.90 Å². The lowest BCUT2D eigenvalue weighted by molar-refractivity contribution is -0.142. The summed E-state index contributed by atoms with van der Waals surface area (Å²) in [6.45, 7) is 3.42. The van der Waals surface area contributed by atoms with E-state index in [0.717, 1.165) is 38.7 Å². The number of nitrogens with one attached hydrogen (secondary N) is 1. The van der Waals surface area contributed by atoms with Gasteiger partial charge < -0.3 is 4.74 Å². The highest BCUT2D eigenvalue weighted by Crippen LogP contribution is 2.28. The summed E-state index contributed by atoms with van der Waals surface area (Å²) in [7, 11) is 0. The van der Waals surface area contributed by atoms with Crippen LogP contribution in [0, 0.1) is 0 Å². The van der Waals surface area contributed by atoms with E-state index in [-0.39, 0.29) is 29.4 Å². The van der Waals surface area contributed by atoms with Crippen LogP contribution in [0.3, 0.4) is 0 Å². The van der Waals surface area contributed by atoms with Gasteiger partial charge in [0.1, 0.15) is 0 Å². The molecule has 3 aliphatic rings. The molecule has 0 bridgehead atoms. The Morgan fingerprint density at radius 3 is 2.52 bits per heavy atom. The molecule has 0 radical (unpaired) electrons. The molecule has 2 aliphatic heterocycles. The van der Waals surface area contributed by atoms with Crippen LogP contribution in [-0.2, 0) is 14.3 Å². The molecule has 2 amide bonds. The lowest BCUT2D eigenvalue weighted by atomic mass is 10.00. The maximum Gasteiger partial charge on any atom is 0.247 e. The molecule has 1 aliphatic carbocycles. The molecule has 0 aromatic rings. The standard InChI is InChI=1S/C16H26N2O3/c1-16(8-9-21-11-16)17-13-10-14(19)18(15(13)20)12-6-4-2-3-5-7-12/h12-13,17H,2-11H2,1H3. The number of carbonyl (C=O) groups is 2. The van der Waals surface area contributed by atoms with E-state index in [1.165, 1.54) is 12.8 Å². The van der Waals surface area contributed by atoms with Crippen molar-refractivity contribution in [2.45, 2.75) is 75.9 Å². The summed E-state index contributed by atoms with van der Waals surface area (Å²) >= 11 is 0. The summed E-state index contributed by atoms with van der Waals surface area (Å²) in [6, 6.07) is -0.223. The van der Waals surface area contributed by atoms with Crippen LogP contribution in [0.1, 0.15) is 58.3 Å². The third kappa shape index (κ3) is 3.14. The second-order valence-corrected chi connectivity index (χ2v) is 7.01. The van der Waals surface area contributed by atoms with Gasteiger partial charge in [0.25, 0.3) is 0 Å². The zero-order valence-electron chi connectivity index (χ0n) is 12.9. The van der Waals surface area contributed by atoms with Gasteiger partial charge in [-0.25, -0.2) is 0 Å². The molecule has 2 saturated heterocycles. The molecule has 1 N–H and O–H groups in total. The van der Waals surface area contributed by atoms with Crippen molar-refractivity contribution in [3.8, 4) is 0 Å². The quantitative estimate of drug-likeness (QED) is 0.634. The third-order valence-electron chi connectivity index (χ3n) is 5.11. The van der Waals surface area contributed by atoms with Crippen LogP contribution in [0.5, 0.6) is 0 Å². The van der Waals surface area contributed by atoms with Crippen LogP contribution in [0.4, 0.5) is 0 Å². The van der Waals surface area contributed by atoms with Gasteiger partial charge in [0.05, 0.1) is 19.1 Å². The lowest BCUT2D eigenvalue weighted by Crippen LogP contribution is -2.52. The number of likely N-dealkylation sites (tertiary alicyclic amines) is 1. The monoisotopic (exact) mass is 294 g/mol. The molecular weight excluding hydrogens is 268 g/mol. The van der Waals surface area contributed by atoms with Gasteiger partial charge in [0, 0.05) is 18.2 Å². The Kier molecular flexibility index (Phi) is 4.31. The van der Waals surface area contributed by atoms with Crippen molar-refractivity contribution in [2.24, 2.45) is 0 Å². The van der Waals surface area contributed by atoms with Crippen LogP contribution in [0.2, 0.25) is 0 Å². The van der Waals surface area contributed by atoms with Crippen molar-refractivity contribution >= 4 is 11.8 Å². The molecule has 5 nitrogen and oxygen atoms in total. The molecule has 2 unspecified atom stereocenters. The lowest BCUT2D eigenvalue weighted by Gasteiger charge is -2.29. The van der Waals surface area contributed by atoms with Gasteiger partial charge in [-0.05, 0) is 26.2 Å². The minimum absolute atomic E-state index is 0.00640. The zero-order chi connectivity index (χ0) is 14.9. The average molecular weight is 294 g/mol. The predicted octanol–water partition coefficient (Wildman–Crippen LogP) is 1.61. The fourth-order valence-corrected chi connectivity index (χ4v) is 3.86. The molecule has 2 heterocycles. The summed E-state index contributed by atoms with van der Waals surface area (Å²) in [6.07, 6.45) is 7.87. The summed E-state index contributed by atoms with van der Waals surface area (Å²) in [5.74, 6) is -0.00746. The molecule has 3 fully saturated rings. The predicted molar refractivity (Wildman–Crippen MR) is 78.7 cm³/mol.